The molecule has 1 heterocycles. The van der Waals surface area contributed by atoms with Crippen molar-refractivity contribution in [3.63, 3.8) is 0 Å². The van der Waals surface area contributed by atoms with E-state index in [0.717, 1.165) is 13.1 Å². The van der Waals surface area contributed by atoms with Crippen LogP contribution < -0.4 is 10.2 Å². The second kappa shape index (κ2) is 6.35. The Labute approximate surface area is 117 Å². The van der Waals surface area contributed by atoms with Crippen LogP contribution in [0.1, 0.15) is 19.8 Å². The molecule has 1 aromatic carbocycles. The molecule has 5 heteroatoms. The number of piperidine rings is 1. The maximum Gasteiger partial charge on any atom is 0.279 e. The fourth-order valence-electron chi connectivity index (χ4n) is 2.56. The zero-order chi connectivity index (χ0) is 13.8. The lowest BCUT2D eigenvalue weighted by Crippen LogP contribution is -3.14. The molecule has 1 aliphatic heterocycles. The van der Waals surface area contributed by atoms with Crippen LogP contribution in [0.15, 0.2) is 18.2 Å². The maximum absolute atomic E-state index is 13.0. The second-order valence-electron chi connectivity index (χ2n) is 5.31. The molecule has 2 N–H and O–H groups in total. The van der Waals surface area contributed by atoms with Crippen molar-refractivity contribution in [1.82, 2.24) is 0 Å². The van der Waals surface area contributed by atoms with Crippen molar-refractivity contribution in [2.75, 3.05) is 25.0 Å². The lowest BCUT2D eigenvalue weighted by Gasteiger charge is -2.27. The molecule has 1 aliphatic rings. The van der Waals surface area contributed by atoms with Crippen LogP contribution in [0.5, 0.6) is 0 Å². The minimum Gasteiger partial charge on any atom is -0.327 e. The number of quaternary nitrogens is 1. The molecule has 3 nitrogen and oxygen atoms in total. The van der Waals surface area contributed by atoms with Gasteiger partial charge in [-0.1, -0.05) is 18.5 Å². The van der Waals surface area contributed by atoms with E-state index >= 15 is 0 Å². The lowest BCUT2D eigenvalue weighted by atomic mass is 10.0. The summed E-state index contributed by atoms with van der Waals surface area (Å²) in [6.07, 6.45) is 2.42. The van der Waals surface area contributed by atoms with Gasteiger partial charge in [0.05, 0.1) is 18.1 Å². The molecular weight excluding hydrogens is 267 g/mol. The van der Waals surface area contributed by atoms with Crippen molar-refractivity contribution in [3.8, 4) is 0 Å². The number of rotatable bonds is 3. The average molecular weight is 286 g/mol. The molecular formula is C14H19ClFN2O+. The molecule has 19 heavy (non-hydrogen) atoms. The van der Waals surface area contributed by atoms with Gasteiger partial charge in [0.25, 0.3) is 5.91 Å². The third-order valence-electron chi connectivity index (χ3n) is 3.48. The van der Waals surface area contributed by atoms with Crippen LogP contribution in [-0.4, -0.2) is 25.5 Å². The van der Waals surface area contributed by atoms with Gasteiger partial charge in [-0.25, -0.2) is 4.39 Å². The zero-order valence-electron chi connectivity index (χ0n) is 11.0. The number of nitrogens with one attached hydrogen (secondary N) is 2. The summed E-state index contributed by atoms with van der Waals surface area (Å²) in [6, 6.07) is 4.21. The van der Waals surface area contributed by atoms with Crippen LogP contribution in [-0.2, 0) is 4.79 Å². The topological polar surface area (TPSA) is 33.5 Å². The molecule has 1 saturated heterocycles. The largest absolute Gasteiger partial charge is 0.327 e. The van der Waals surface area contributed by atoms with Crippen molar-refractivity contribution >= 4 is 23.2 Å². The quantitative estimate of drug-likeness (QED) is 0.871. The number of anilines is 1. The van der Waals surface area contributed by atoms with Gasteiger partial charge in [0, 0.05) is 11.6 Å². The molecule has 104 valence electrons. The number of hydrogen-bond acceptors (Lipinski definition) is 1. The van der Waals surface area contributed by atoms with Crippen LogP contribution in [0.2, 0.25) is 5.02 Å². The Balaban J connectivity index is 1.88. The average Bonchev–Trinajstić information content (AvgIpc) is 2.34. The maximum atomic E-state index is 13.0. The molecule has 0 bridgehead atoms. The lowest BCUT2D eigenvalue weighted by molar-refractivity contribution is -0.900. The summed E-state index contributed by atoms with van der Waals surface area (Å²) < 4.78 is 13.0. The van der Waals surface area contributed by atoms with Gasteiger partial charge < -0.3 is 10.2 Å². The van der Waals surface area contributed by atoms with Crippen LogP contribution in [0.25, 0.3) is 0 Å². The van der Waals surface area contributed by atoms with Crippen LogP contribution in [0.4, 0.5) is 10.1 Å². The molecule has 0 aromatic heterocycles. The number of benzene rings is 1. The molecule has 1 aromatic rings. The van der Waals surface area contributed by atoms with E-state index in [9.17, 15) is 9.18 Å². The zero-order valence-corrected chi connectivity index (χ0v) is 11.8. The highest BCUT2D eigenvalue weighted by atomic mass is 35.5. The predicted molar refractivity (Wildman–Crippen MR) is 74.0 cm³/mol. The first-order valence-electron chi connectivity index (χ1n) is 6.63. The molecule has 0 radical (unpaired) electrons. The van der Waals surface area contributed by atoms with Gasteiger partial charge in [-0.05, 0) is 31.0 Å². The van der Waals surface area contributed by atoms with Gasteiger partial charge in [0.15, 0.2) is 6.54 Å². The third kappa shape index (κ3) is 4.18. The fourth-order valence-corrected chi connectivity index (χ4v) is 2.74. The number of carbonyl (C=O) groups is 1. The summed E-state index contributed by atoms with van der Waals surface area (Å²) >= 11 is 5.68. The highest BCUT2D eigenvalue weighted by molar-refractivity contribution is 6.31. The first kappa shape index (κ1) is 14.3. The normalized spacial score (nSPS) is 23.1. The molecule has 2 atom stereocenters. The van der Waals surface area contributed by atoms with Crippen molar-refractivity contribution in [2.24, 2.45) is 5.92 Å². The first-order valence-corrected chi connectivity index (χ1v) is 7.01. The van der Waals surface area contributed by atoms with Crippen molar-refractivity contribution < 1.29 is 14.1 Å². The highest BCUT2D eigenvalue weighted by Gasteiger charge is 2.21. The van der Waals surface area contributed by atoms with Gasteiger partial charge >= 0.3 is 0 Å². The van der Waals surface area contributed by atoms with E-state index in [1.165, 1.54) is 35.9 Å². The van der Waals surface area contributed by atoms with Gasteiger partial charge in [-0.2, -0.15) is 0 Å². The van der Waals surface area contributed by atoms with E-state index < -0.39 is 5.82 Å². The third-order valence-corrected chi connectivity index (χ3v) is 3.77. The van der Waals surface area contributed by atoms with E-state index in [4.69, 9.17) is 11.6 Å². The molecule has 1 amide bonds. The van der Waals surface area contributed by atoms with E-state index in [-0.39, 0.29) is 10.9 Å². The summed E-state index contributed by atoms with van der Waals surface area (Å²) in [6.45, 7) is 4.76. The van der Waals surface area contributed by atoms with E-state index in [0.29, 0.717) is 18.2 Å². The number of carbonyl (C=O) groups excluding carboxylic acids is 1. The summed E-state index contributed by atoms with van der Waals surface area (Å²) in [4.78, 5) is 13.2. The fraction of sp³-hybridized carbons (Fsp3) is 0.500. The van der Waals surface area contributed by atoms with Crippen molar-refractivity contribution in [2.45, 2.75) is 19.8 Å². The van der Waals surface area contributed by atoms with Crippen LogP contribution in [0, 0.1) is 11.7 Å². The van der Waals surface area contributed by atoms with Crippen LogP contribution >= 0.6 is 11.6 Å². The summed E-state index contributed by atoms with van der Waals surface area (Å²) in [5, 5.41) is 2.79. The summed E-state index contributed by atoms with van der Waals surface area (Å²) in [7, 11) is 0. The van der Waals surface area contributed by atoms with Crippen molar-refractivity contribution in [3.05, 3.63) is 29.0 Å². The Hall–Kier alpha value is -1.13. The monoisotopic (exact) mass is 285 g/mol. The Bertz CT molecular complexity index is 467. The number of hydrogen-bond donors (Lipinski definition) is 2. The van der Waals surface area contributed by atoms with Gasteiger partial charge in [0.1, 0.15) is 5.82 Å². The Morgan fingerprint density at radius 2 is 2.37 bits per heavy atom. The Morgan fingerprint density at radius 3 is 3.05 bits per heavy atom. The molecule has 0 spiro atoms. The van der Waals surface area contributed by atoms with E-state index in [1.807, 2.05) is 0 Å². The number of likely N-dealkylation sites (tertiary alicyclic amines) is 1. The Kier molecular flexibility index (Phi) is 4.77. The minimum absolute atomic E-state index is 0.0248. The molecule has 1 fully saturated rings. The summed E-state index contributed by atoms with van der Waals surface area (Å²) in [5.41, 5.74) is 0.542. The first-order chi connectivity index (χ1) is 9.04. The number of amides is 1. The standard InChI is InChI=1S/C14H18ClFN2O/c1-10-3-2-6-18(8-10)9-14(19)17-11-4-5-13(16)12(15)7-11/h4-5,7,10H,2-3,6,8-9H2,1H3,(H,17,19)/p+1/t10-/m0/s1. The van der Waals surface area contributed by atoms with Crippen molar-refractivity contribution in [1.29, 1.82) is 0 Å². The van der Waals surface area contributed by atoms with Gasteiger partial charge in [-0.3, -0.25) is 4.79 Å². The molecule has 0 aliphatic carbocycles. The van der Waals surface area contributed by atoms with E-state index in [2.05, 4.69) is 12.2 Å². The smallest absolute Gasteiger partial charge is 0.279 e. The molecule has 2 rings (SSSR count). The SMILES string of the molecule is C[C@H]1CCC[NH+](CC(=O)Nc2ccc(F)c(Cl)c2)C1. The summed E-state index contributed by atoms with van der Waals surface area (Å²) in [5.74, 6) is 0.152. The molecule has 0 saturated carbocycles. The Morgan fingerprint density at radius 1 is 1.58 bits per heavy atom. The highest BCUT2D eigenvalue weighted by Crippen LogP contribution is 2.19. The molecule has 1 unspecified atom stereocenters. The second-order valence-corrected chi connectivity index (χ2v) is 5.71. The van der Waals surface area contributed by atoms with Gasteiger partial charge in [0.2, 0.25) is 0 Å². The van der Waals surface area contributed by atoms with Crippen LogP contribution in [0.3, 0.4) is 0 Å². The number of halogens is 2. The minimum atomic E-state index is -0.477. The van der Waals surface area contributed by atoms with E-state index in [1.54, 1.807) is 0 Å². The predicted octanol–water partition coefficient (Wildman–Crippen LogP) is 1.73. The van der Waals surface area contributed by atoms with Gasteiger partial charge in [-0.15, -0.1) is 0 Å².